The van der Waals surface area contributed by atoms with Gasteiger partial charge in [0.25, 0.3) is 5.82 Å². The minimum absolute atomic E-state index is 0.117. The van der Waals surface area contributed by atoms with Crippen LogP contribution in [0.4, 0.5) is 0 Å². The molecule has 1 aromatic heterocycles. The van der Waals surface area contributed by atoms with Crippen molar-refractivity contribution in [1.82, 2.24) is 4.57 Å². The van der Waals surface area contributed by atoms with Gasteiger partial charge in [0.1, 0.15) is 25.0 Å². The summed E-state index contributed by atoms with van der Waals surface area (Å²) >= 11 is 0. The Morgan fingerprint density at radius 3 is 1.74 bits per heavy atom. The molecule has 6 nitrogen and oxygen atoms in total. The van der Waals surface area contributed by atoms with Gasteiger partial charge in [-0.3, -0.25) is 0 Å². The third-order valence-corrected chi connectivity index (χ3v) is 8.01. The summed E-state index contributed by atoms with van der Waals surface area (Å²) in [5.74, 6) is 1.64. The largest absolute Gasteiger partial charge is 0.266 e. The van der Waals surface area contributed by atoms with E-state index in [2.05, 4.69) is 137 Å². The maximum Gasteiger partial charge on any atom is 0.266 e. The third-order valence-electron chi connectivity index (χ3n) is 8.01. The highest BCUT2D eigenvalue weighted by Crippen LogP contribution is 2.61. The Morgan fingerprint density at radius 1 is 0.692 bits per heavy atom. The molecule has 0 saturated heterocycles. The Kier molecular flexibility index (Phi) is 6.59. The van der Waals surface area contributed by atoms with Crippen LogP contribution in [0.1, 0.15) is 52.0 Å². The van der Waals surface area contributed by atoms with Crippen molar-refractivity contribution in [3.8, 4) is 0 Å². The Balaban J connectivity index is 0.000000510. The van der Waals surface area contributed by atoms with Gasteiger partial charge in [0.2, 0.25) is 0 Å². The molecule has 2 aliphatic heterocycles. The summed E-state index contributed by atoms with van der Waals surface area (Å²) in [6.45, 7) is 0.883. The molecule has 3 heterocycles. The lowest BCUT2D eigenvalue weighted by molar-refractivity contribution is -2.00. The van der Waals surface area contributed by atoms with E-state index in [4.69, 9.17) is 18.6 Å². The van der Waals surface area contributed by atoms with Crippen molar-refractivity contribution in [1.29, 1.82) is 0 Å². The molecule has 7 heteroatoms. The standard InChI is InChI=1S/C32H27N2.ClHO4/c1-4-12-24(13-5-1)23-33-20-21-34-29-22-32(25-14-6-2-7-15-25,26-16-8-3-9-17-26)30(31(33)34)28-19-11-10-18-27(28)29;2-1(3,4)5/h1-21,29-30H,22-23H2;(H,2,3,4,5)/q+1;/p-1. The minimum atomic E-state index is -4.94. The predicted octanol–water partition coefficient (Wildman–Crippen LogP) is 1.49. The smallest absolute Gasteiger partial charge is 0.229 e. The van der Waals surface area contributed by atoms with E-state index in [0.29, 0.717) is 6.04 Å². The number of halogens is 1. The van der Waals surface area contributed by atoms with Crippen LogP contribution in [0.5, 0.6) is 0 Å². The van der Waals surface area contributed by atoms with E-state index in [1.165, 1.54) is 33.6 Å². The minimum Gasteiger partial charge on any atom is -0.229 e. The normalized spacial score (nSPS) is 18.5. The van der Waals surface area contributed by atoms with Crippen molar-refractivity contribution in [2.75, 3.05) is 0 Å². The second kappa shape index (κ2) is 10.1. The number of aromatic nitrogens is 2. The summed E-state index contributed by atoms with van der Waals surface area (Å²) in [7, 11) is -4.94. The zero-order chi connectivity index (χ0) is 27.0. The molecule has 4 aromatic carbocycles. The van der Waals surface area contributed by atoms with Crippen LogP contribution < -0.4 is 23.2 Å². The van der Waals surface area contributed by atoms with Gasteiger partial charge in [0.05, 0.1) is 5.92 Å². The van der Waals surface area contributed by atoms with Gasteiger partial charge in [-0.1, -0.05) is 115 Å². The molecule has 0 saturated carbocycles. The van der Waals surface area contributed by atoms with E-state index in [1.807, 2.05) is 0 Å². The molecule has 0 spiro atoms. The fraction of sp³-hybridized carbons (Fsp3) is 0.156. The predicted molar refractivity (Wildman–Crippen MR) is 135 cm³/mol. The van der Waals surface area contributed by atoms with Crippen molar-refractivity contribution in [2.24, 2.45) is 0 Å². The molecule has 196 valence electrons. The average molecular weight is 539 g/mol. The molecular weight excluding hydrogens is 512 g/mol. The number of rotatable bonds is 4. The number of hydrogen-bond donors (Lipinski definition) is 0. The summed E-state index contributed by atoms with van der Waals surface area (Å²) in [5, 5.41) is 0. The Hall–Kier alpha value is -3.78. The first-order valence-electron chi connectivity index (χ1n) is 12.8. The van der Waals surface area contributed by atoms with Gasteiger partial charge in [-0.2, -0.15) is 0 Å². The summed E-state index contributed by atoms with van der Waals surface area (Å²) in [5.41, 5.74) is 6.98. The van der Waals surface area contributed by atoms with Crippen molar-refractivity contribution in [3.05, 3.63) is 161 Å². The molecule has 2 unspecified atom stereocenters. The van der Waals surface area contributed by atoms with Gasteiger partial charge in [-0.15, -0.1) is 10.2 Å². The van der Waals surface area contributed by atoms with E-state index in [-0.39, 0.29) is 11.3 Å². The Bertz CT molecular complexity index is 1520. The topological polar surface area (TPSA) is 101 Å². The number of imidazole rings is 1. The highest BCUT2D eigenvalue weighted by Gasteiger charge is 2.59. The van der Waals surface area contributed by atoms with Crippen molar-refractivity contribution in [2.45, 2.75) is 30.3 Å². The lowest BCUT2D eigenvalue weighted by Crippen LogP contribution is -2.68. The molecule has 39 heavy (non-hydrogen) atoms. The summed E-state index contributed by atoms with van der Waals surface area (Å²) in [6.07, 6.45) is 5.67. The lowest BCUT2D eigenvalue weighted by atomic mass is 9.54. The molecule has 2 atom stereocenters. The van der Waals surface area contributed by atoms with Crippen LogP contribution in [0.15, 0.2) is 128 Å². The highest BCUT2D eigenvalue weighted by molar-refractivity contribution is 5.55. The van der Waals surface area contributed by atoms with Gasteiger partial charge in [0.15, 0.2) is 0 Å². The molecule has 1 aliphatic carbocycles. The number of hydrogen-bond acceptors (Lipinski definition) is 4. The van der Waals surface area contributed by atoms with Crippen molar-refractivity contribution < 1.29 is 33.4 Å². The fourth-order valence-corrected chi connectivity index (χ4v) is 6.64. The molecule has 0 amide bonds. The first-order valence-corrected chi connectivity index (χ1v) is 14.1. The maximum absolute atomic E-state index is 8.49. The number of benzene rings is 4. The summed E-state index contributed by atoms with van der Waals surface area (Å²) in [6, 6.07) is 42.7. The van der Waals surface area contributed by atoms with E-state index in [1.54, 1.807) is 0 Å². The molecular formula is C32H27ClN2O4. The molecule has 3 aliphatic rings. The highest BCUT2D eigenvalue weighted by atomic mass is 35.7. The van der Waals surface area contributed by atoms with E-state index in [0.717, 1.165) is 13.0 Å². The SMILES string of the molecule is [O-][Cl+3]([O-])([O-])[O-].c1ccc(C[n+]2ccn3c2C2c4ccccc4C3CC2(c2ccccc2)c2ccccc2)cc1. The zero-order valence-electron chi connectivity index (χ0n) is 21.1. The molecule has 8 rings (SSSR count). The van der Waals surface area contributed by atoms with E-state index < -0.39 is 10.2 Å². The molecule has 0 radical (unpaired) electrons. The molecule has 0 N–H and O–H groups in total. The van der Waals surface area contributed by atoms with Crippen LogP contribution >= 0.6 is 0 Å². The van der Waals surface area contributed by atoms with Crippen LogP contribution in [0.25, 0.3) is 0 Å². The molecule has 5 aromatic rings. The van der Waals surface area contributed by atoms with Crippen LogP contribution in [0, 0.1) is 10.2 Å². The van der Waals surface area contributed by atoms with Gasteiger partial charge in [-0.05, 0) is 22.3 Å². The Morgan fingerprint density at radius 2 is 1.18 bits per heavy atom. The Labute approximate surface area is 229 Å². The van der Waals surface area contributed by atoms with Crippen LogP contribution in [-0.4, -0.2) is 4.57 Å². The number of nitrogens with zero attached hydrogens (tertiary/aromatic N) is 2. The maximum atomic E-state index is 8.49. The van der Waals surface area contributed by atoms with Gasteiger partial charge < -0.3 is 0 Å². The second-order valence-electron chi connectivity index (χ2n) is 10.0. The van der Waals surface area contributed by atoms with Gasteiger partial charge >= 0.3 is 0 Å². The first-order chi connectivity index (χ1) is 18.9. The monoisotopic (exact) mass is 538 g/mol. The quantitative estimate of drug-likeness (QED) is 0.324. The molecule has 0 fully saturated rings. The van der Waals surface area contributed by atoms with Gasteiger partial charge in [0, 0.05) is 17.4 Å². The molecule has 2 bridgehead atoms. The second-order valence-corrected chi connectivity index (χ2v) is 10.8. The van der Waals surface area contributed by atoms with E-state index >= 15 is 0 Å². The first kappa shape index (κ1) is 25.5. The zero-order valence-corrected chi connectivity index (χ0v) is 21.9. The summed E-state index contributed by atoms with van der Waals surface area (Å²) in [4.78, 5) is 0. The van der Waals surface area contributed by atoms with Crippen LogP contribution in [-0.2, 0) is 12.0 Å². The third kappa shape index (κ3) is 4.67. The van der Waals surface area contributed by atoms with E-state index in [9.17, 15) is 0 Å². The lowest BCUT2D eigenvalue weighted by Gasteiger charge is -2.50. The van der Waals surface area contributed by atoms with Crippen LogP contribution in [0.2, 0.25) is 0 Å². The average Bonchev–Trinajstić information content (AvgIpc) is 3.38. The van der Waals surface area contributed by atoms with Gasteiger partial charge in [-0.25, -0.2) is 27.8 Å². The fourth-order valence-electron chi connectivity index (χ4n) is 6.64. The van der Waals surface area contributed by atoms with Crippen LogP contribution in [0.3, 0.4) is 0 Å². The number of fused-ring (bicyclic) bond motifs is 1. The van der Waals surface area contributed by atoms with Crippen molar-refractivity contribution >= 4 is 0 Å². The van der Waals surface area contributed by atoms with Crippen molar-refractivity contribution in [3.63, 3.8) is 0 Å². The summed E-state index contributed by atoms with van der Waals surface area (Å²) < 4.78 is 39.0.